The number of hydrazine groups is 1. The maximum Gasteiger partial charge on any atom is 0.390 e. The normalized spacial score (nSPS) is 14.5. The minimum Gasteiger partial charge on any atom is -0.367 e. The molecule has 41 heavy (non-hydrogen) atoms. The van der Waals surface area contributed by atoms with Gasteiger partial charge in [0.15, 0.2) is 17.5 Å². The zero-order valence-corrected chi connectivity index (χ0v) is 22.4. The van der Waals surface area contributed by atoms with Crippen LogP contribution in [0.2, 0.25) is 5.02 Å². The second-order valence-electron chi connectivity index (χ2n) is 8.97. The summed E-state index contributed by atoms with van der Waals surface area (Å²) in [5, 5.41) is 10.9. The van der Waals surface area contributed by atoms with E-state index in [2.05, 4.69) is 26.5 Å². The van der Waals surface area contributed by atoms with Gasteiger partial charge in [0.2, 0.25) is 0 Å². The number of benzene rings is 2. The van der Waals surface area contributed by atoms with Gasteiger partial charge in [0.25, 0.3) is 5.91 Å². The molecule has 8 N–H and O–H groups in total. The first-order chi connectivity index (χ1) is 19.4. The highest BCUT2D eigenvalue weighted by molar-refractivity contribution is 6.31. The van der Waals surface area contributed by atoms with Crippen LogP contribution in [0, 0.1) is 11.6 Å². The number of amides is 3. The minimum atomic E-state index is -4.24. The van der Waals surface area contributed by atoms with Gasteiger partial charge in [0.1, 0.15) is 0 Å². The molecule has 3 rings (SSSR count). The fraction of sp³-hybridized carbons (Fsp3) is 0.375. The fourth-order valence-corrected chi connectivity index (χ4v) is 4.16. The number of nitrogens with zero attached hydrogens (tertiary/aromatic N) is 3. The number of hydrazone groups is 1. The van der Waals surface area contributed by atoms with Crippen molar-refractivity contribution >= 4 is 40.7 Å². The molecule has 11 nitrogen and oxygen atoms in total. The van der Waals surface area contributed by atoms with Crippen molar-refractivity contribution in [3.63, 3.8) is 0 Å². The van der Waals surface area contributed by atoms with Gasteiger partial charge >= 0.3 is 12.2 Å². The van der Waals surface area contributed by atoms with Gasteiger partial charge < -0.3 is 32.1 Å². The first kappa shape index (κ1) is 31.6. The number of nitrogens with one attached hydrogen (secondary N) is 4. The Morgan fingerprint density at radius 1 is 1.02 bits per heavy atom. The third-order valence-corrected chi connectivity index (χ3v) is 6.45. The third-order valence-electron chi connectivity index (χ3n) is 6.22. The van der Waals surface area contributed by atoms with E-state index in [1.807, 2.05) is 4.90 Å². The highest BCUT2D eigenvalue weighted by atomic mass is 35.5. The fourth-order valence-electron chi connectivity index (χ4n) is 4.00. The van der Waals surface area contributed by atoms with Gasteiger partial charge in [-0.3, -0.25) is 9.69 Å². The smallest absolute Gasteiger partial charge is 0.367 e. The molecule has 224 valence electrons. The number of urea groups is 1. The van der Waals surface area contributed by atoms with Gasteiger partial charge in [0.05, 0.1) is 29.9 Å². The minimum absolute atomic E-state index is 0.0692. The molecule has 1 aliphatic heterocycles. The number of anilines is 2. The molecule has 17 heteroatoms. The van der Waals surface area contributed by atoms with Crippen LogP contribution in [0.1, 0.15) is 22.3 Å². The summed E-state index contributed by atoms with van der Waals surface area (Å²) in [5.74, 6) is 6.58. The van der Waals surface area contributed by atoms with E-state index >= 15 is 0 Å². The summed E-state index contributed by atoms with van der Waals surface area (Å²) in [7, 11) is 0. The number of piperazine rings is 1. The molecule has 0 saturated carbocycles. The van der Waals surface area contributed by atoms with E-state index in [0.29, 0.717) is 36.9 Å². The van der Waals surface area contributed by atoms with E-state index in [-0.39, 0.29) is 30.2 Å². The second-order valence-corrected chi connectivity index (χ2v) is 9.40. The van der Waals surface area contributed by atoms with E-state index in [1.54, 1.807) is 11.0 Å². The van der Waals surface area contributed by atoms with Crippen LogP contribution in [0.3, 0.4) is 0 Å². The lowest BCUT2D eigenvalue weighted by Gasteiger charge is -2.37. The van der Waals surface area contributed by atoms with Gasteiger partial charge in [-0.15, -0.1) is 0 Å². The van der Waals surface area contributed by atoms with Crippen molar-refractivity contribution < 1.29 is 31.5 Å². The molecule has 0 spiro atoms. The number of carbonyl (C=O) groups excluding carboxylic acids is 2. The lowest BCUT2D eigenvalue weighted by molar-refractivity contribution is -0.138. The Kier molecular flexibility index (Phi) is 10.9. The summed E-state index contributed by atoms with van der Waals surface area (Å²) in [6.07, 6.45) is -5.15. The number of rotatable bonds is 9. The quantitative estimate of drug-likeness (QED) is 0.0844. The summed E-state index contributed by atoms with van der Waals surface area (Å²) in [4.78, 5) is 28.3. The number of nitrogens with two attached hydrogens (primary N) is 2. The van der Waals surface area contributed by atoms with Crippen LogP contribution in [0.5, 0.6) is 0 Å². The number of hydrogen-bond acceptors (Lipinski definition) is 7. The van der Waals surface area contributed by atoms with Crippen LogP contribution in [-0.2, 0) is 6.54 Å². The number of hydrogen-bond donors (Lipinski definition) is 6. The molecule has 0 radical (unpaired) electrons. The average molecular weight is 606 g/mol. The van der Waals surface area contributed by atoms with Crippen molar-refractivity contribution in [1.29, 1.82) is 0 Å². The molecule has 0 bridgehead atoms. The Morgan fingerprint density at radius 3 is 2.37 bits per heavy atom. The molecule has 2 aromatic rings. The van der Waals surface area contributed by atoms with Crippen molar-refractivity contribution in [2.75, 3.05) is 49.5 Å². The average Bonchev–Trinajstić information content (AvgIpc) is 2.94. The predicted molar refractivity (Wildman–Crippen MR) is 144 cm³/mol. The lowest BCUT2D eigenvalue weighted by atomic mass is 10.1. The maximum absolute atomic E-state index is 14.9. The van der Waals surface area contributed by atoms with Crippen LogP contribution in [-0.4, -0.2) is 68.1 Å². The first-order valence-corrected chi connectivity index (χ1v) is 12.7. The number of carbonyl (C=O) groups is 2. The number of amidine groups is 1. The Bertz CT molecular complexity index is 1270. The maximum atomic E-state index is 14.9. The highest BCUT2D eigenvalue weighted by Crippen LogP contribution is 2.31. The molecule has 0 unspecified atom stereocenters. The van der Waals surface area contributed by atoms with Crippen LogP contribution in [0.25, 0.3) is 0 Å². The second kappa shape index (κ2) is 14.1. The van der Waals surface area contributed by atoms with E-state index < -0.39 is 48.3 Å². The van der Waals surface area contributed by atoms with Gasteiger partial charge in [-0.2, -0.15) is 18.3 Å². The zero-order valence-electron chi connectivity index (χ0n) is 21.6. The summed E-state index contributed by atoms with van der Waals surface area (Å²) in [5.41, 5.74) is 2.12. The van der Waals surface area contributed by atoms with Gasteiger partial charge in [-0.25, -0.2) is 19.4 Å². The SMILES string of the molecule is N/N=C(/CNC(=O)NCc1ccc(C(=O)Nc2ccc(Cl)cc2N2CCN(CCC(F)(F)F)CC2)c(F)c1F)NN. The molecule has 0 aromatic heterocycles. The Labute approximate surface area is 237 Å². The molecular weight excluding hydrogens is 577 g/mol. The van der Waals surface area contributed by atoms with Gasteiger partial charge in [-0.1, -0.05) is 17.7 Å². The van der Waals surface area contributed by atoms with Crippen molar-refractivity contribution in [2.45, 2.75) is 19.1 Å². The van der Waals surface area contributed by atoms with Crippen LogP contribution < -0.4 is 38.0 Å². The van der Waals surface area contributed by atoms with E-state index in [0.717, 1.165) is 12.1 Å². The van der Waals surface area contributed by atoms with E-state index in [1.165, 1.54) is 12.1 Å². The summed E-state index contributed by atoms with van der Waals surface area (Å²) < 4.78 is 67.3. The van der Waals surface area contributed by atoms with Gasteiger partial charge in [-0.05, 0) is 24.3 Å². The highest BCUT2D eigenvalue weighted by Gasteiger charge is 2.29. The van der Waals surface area contributed by atoms with Gasteiger partial charge in [0, 0.05) is 49.9 Å². The Morgan fingerprint density at radius 2 is 1.73 bits per heavy atom. The molecule has 1 fully saturated rings. The number of alkyl halides is 3. The van der Waals surface area contributed by atoms with Crippen molar-refractivity contribution in [1.82, 2.24) is 21.0 Å². The topological polar surface area (TPSA) is 153 Å². The summed E-state index contributed by atoms with van der Waals surface area (Å²) in [6.45, 7) is 0.787. The monoisotopic (exact) mass is 605 g/mol. The van der Waals surface area contributed by atoms with E-state index in [4.69, 9.17) is 23.3 Å². The van der Waals surface area contributed by atoms with E-state index in [9.17, 15) is 31.5 Å². The molecule has 0 aliphatic carbocycles. The largest absolute Gasteiger partial charge is 0.390 e. The molecule has 3 amide bonds. The standard InChI is InChI=1S/C24H29ClF5N9O2/c25-15-2-4-17(18(11-15)39-9-7-38(8-10-39)6-5-24(28,29)30)35-22(40)16-3-1-14(20(26)21(16)27)12-33-23(41)34-13-19(36-31)37-32/h1-4,11H,5-10,12-13,31-32H2,(H,35,40)(H,36,37)(H2,33,34,41). The first-order valence-electron chi connectivity index (χ1n) is 12.3. The van der Waals surface area contributed by atoms with Crippen LogP contribution in [0.4, 0.5) is 38.1 Å². The summed E-state index contributed by atoms with van der Waals surface area (Å²) >= 11 is 6.14. The third kappa shape index (κ3) is 9.06. The van der Waals surface area contributed by atoms with Crippen molar-refractivity contribution in [3.05, 3.63) is 58.1 Å². The van der Waals surface area contributed by atoms with Crippen molar-refractivity contribution in [2.24, 2.45) is 16.8 Å². The molecule has 1 heterocycles. The molecular formula is C24H29ClF5N9O2. The molecule has 2 aromatic carbocycles. The zero-order chi connectivity index (χ0) is 30.2. The number of halogens is 6. The Balaban J connectivity index is 1.65. The molecule has 1 saturated heterocycles. The Hall–Kier alpha value is -3.89. The van der Waals surface area contributed by atoms with Crippen LogP contribution in [0.15, 0.2) is 35.4 Å². The predicted octanol–water partition coefficient (Wildman–Crippen LogP) is 2.48. The van der Waals surface area contributed by atoms with Crippen LogP contribution >= 0.6 is 11.6 Å². The molecule has 0 atom stereocenters. The molecule has 1 aliphatic rings. The summed E-state index contributed by atoms with van der Waals surface area (Å²) in [6, 6.07) is 6.07. The lowest BCUT2D eigenvalue weighted by Crippen LogP contribution is -2.47. The van der Waals surface area contributed by atoms with Crippen molar-refractivity contribution in [3.8, 4) is 0 Å².